The van der Waals surface area contributed by atoms with Crippen molar-refractivity contribution in [2.75, 3.05) is 30.5 Å². The summed E-state index contributed by atoms with van der Waals surface area (Å²) in [6.45, 7) is 0.123. The van der Waals surface area contributed by atoms with E-state index in [1.807, 2.05) is 0 Å². The first kappa shape index (κ1) is 49.7. The Hall–Kier alpha value is -4.95. The van der Waals surface area contributed by atoms with Crippen molar-refractivity contribution in [3.05, 3.63) is 146 Å². The molecule has 0 radical (unpaired) electrons. The van der Waals surface area contributed by atoms with Gasteiger partial charge in [0.25, 0.3) is 0 Å². The van der Waals surface area contributed by atoms with Gasteiger partial charge < -0.3 is 10.2 Å². The number of carbonyl (C=O) groups excluding carboxylic acids is 1. The standard InChI is InChI=1S/C24BF20.C12H16O3S2/c26-5-1(6(27)14(35)21(42)13(5)34)25(2-7(28)15(36)22(43)16(37)8(2)29,3-9(30)17(38)23(44)18(39)10(3)31)4-11(32)19(40)24(45)20(41)12(4)33;13-5-7-17(8-6-14)9-12(15)10-1-3-11(16)4-2-10/h;1-4,13-14H,5-9H2/q-1;/p+1. The lowest BCUT2D eigenvalue weighted by Gasteiger charge is -2.44. The van der Waals surface area contributed by atoms with Crippen molar-refractivity contribution in [3.8, 4) is 0 Å². The van der Waals surface area contributed by atoms with Crippen LogP contribution in [0.5, 0.6) is 0 Å². The molecule has 3 nitrogen and oxygen atoms in total. The molecule has 0 aliphatic heterocycles. The van der Waals surface area contributed by atoms with Gasteiger partial charge in [-0.1, -0.05) is 12.1 Å². The van der Waals surface area contributed by atoms with Gasteiger partial charge in [-0.15, -0.1) is 34.5 Å². The average Bonchev–Trinajstić information content (AvgIpc) is 3.24. The van der Waals surface area contributed by atoms with E-state index in [1.54, 1.807) is 24.3 Å². The van der Waals surface area contributed by atoms with Crippen LogP contribution in [0.4, 0.5) is 87.8 Å². The number of carbonyl (C=O) groups is 1. The summed E-state index contributed by atoms with van der Waals surface area (Å²) >= 11 is 4.16. The molecule has 0 spiro atoms. The van der Waals surface area contributed by atoms with Crippen molar-refractivity contribution < 1.29 is 103 Å². The number of Topliss-reactive ketones (excluding diaryl/α,β-unsaturated/α-hetero) is 1. The second kappa shape index (κ2) is 19.2. The molecule has 0 aliphatic carbocycles. The first-order valence-corrected chi connectivity index (χ1v) is 18.5. The second-order valence-electron chi connectivity index (χ2n) is 12.4. The quantitative estimate of drug-likeness (QED) is 0.0266. The summed E-state index contributed by atoms with van der Waals surface area (Å²) in [6.07, 6.45) is -7.22. The topological polar surface area (TPSA) is 57.5 Å². The molecule has 0 saturated heterocycles. The van der Waals surface area contributed by atoms with E-state index in [0.717, 1.165) is 4.90 Å². The number of aliphatic hydroxyl groups excluding tert-OH is 2. The first-order valence-electron chi connectivity index (χ1n) is 16.3. The van der Waals surface area contributed by atoms with Gasteiger partial charge in [0.1, 0.15) is 64.2 Å². The molecule has 0 fully saturated rings. The Morgan fingerprint density at radius 3 is 0.823 bits per heavy atom. The van der Waals surface area contributed by atoms with Crippen LogP contribution >= 0.6 is 12.6 Å². The van der Waals surface area contributed by atoms with Gasteiger partial charge in [-0.2, -0.15) is 0 Å². The summed E-state index contributed by atoms with van der Waals surface area (Å²) in [7, 11) is -0.229. The molecule has 334 valence electrons. The van der Waals surface area contributed by atoms with Crippen molar-refractivity contribution >= 4 is 57.3 Å². The van der Waals surface area contributed by atoms with E-state index in [4.69, 9.17) is 10.2 Å². The van der Waals surface area contributed by atoms with Crippen molar-refractivity contribution in [1.29, 1.82) is 0 Å². The monoisotopic (exact) mass is 952 g/mol. The maximum absolute atomic E-state index is 15.4. The van der Waals surface area contributed by atoms with Crippen LogP contribution in [0.1, 0.15) is 10.4 Å². The zero-order chi connectivity index (χ0) is 47.0. The molecule has 0 saturated carbocycles. The van der Waals surface area contributed by atoms with Gasteiger partial charge in [-0.3, -0.25) is 4.79 Å². The molecule has 5 aromatic rings. The van der Waals surface area contributed by atoms with Crippen LogP contribution in [0.25, 0.3) is 0 Å². The van der Waals surface area contributed by atoms with Crippen LogP contribution in [0, 0.1) is 116 Å². The third-order valence-electron chi connectivity index (χ3n) is 8.99. The number of rotatable bonds is 11. The highest BCUT2D eigenvalue weighted by Gasteiger charge is 2.52. The van der Waals surface area contributed by atoms with Gasteiger partial charge in [0.05, 0.1) is 13.2 Å². The molecule has 5 aromatic carbocycles. The minimum absolute atomic E-state index is 0.0589. The van der Waals surface area contributed by atoms with Gasteiger partial charge in [0.2, 0.25) is 5.78 Å². The summed E-state index contributed by atoms with van der Waals surface area (Å²) in [4.78, 5) is 12.8. The molecule has 0 unspecified atom stereocenters. The first-order chi connectivity index (χ1) is 28.9. The summed E-state index contributed by atoms with van der Waals surface area (Å²) in [5.74, 6) is -69.8. The molecule has 62 heavy (non-hydrogen) atoms. The van der Waals surface area contributed by atoms with Crippen LogP contribution in [0.15, 0.2) is 29.2 Å². The van der Waals surface area contributed by atoms with E-state index >= 15 is 35.1 Å². The summed E-state index contributed by atoms with van der Waals surface area (Å²) < 4.78 is 294. The molecule has 2 N–H and O–H groups in total. The molecular weight excluding hydrogens is 935 g/mol. The Labute approximate surface area is 341 Å². The SMILES string of the molecule is Fc1c(F)c(F)c([B-](c2c(F)c(F)c(F)c(F)c2F)(c2c(F)c(F)c(F)c(F)c2F)c2c(F)c(F)c(F)c(F)c2F)c(F)c1F.O=C(C[S+](CCO)CCO)c1ccc(S)cc1. The van der Waals surface area contributed by atoms with Gasteiger partial charge >= 0.3 is 0 Å². The fraction of sp³-hybridized carbons (Fsp3) is 0.139. The number of halogens is 20. The minimum Gasteiger partial charge on any atom is -0.391 e. The summed E-state index contributed by atoms with van der Waals surface area (Å²) in [5, 5.41) is 17.8. The number of ketones is 1. The van der Waals surface area contributed by atoms with E-state index in [0.29, 0.717) is 22.8 Å². The lowest BCUT2D eigenvalue weighted by atomic mass is 9.12. The van der Waals surface area contributed by atoms with Crippen LogP contribution in [0.2, 0.25) is 0 Å². The van der Waals surface area contributed by atoms with Crippen molar-refractivity contribution in [2.24, 2.45) is 0 Å². The Balaban J connectivity index is 0.000000416. The fourth-order valence-electron chi connectivity index (χ4n) is 6.29. The maximum atomic E-state index is 15.4. The number of aliphatic hydroxyl groups is 2. The van der Waals surface area contributed by atoms with Crippen LogP contribution in [-0.2, 0) is 10.9 Å². The molecular formula is C36H17BF20O3S2. The van der Waals surface area contributed by atoms with Crippen molar-refractivity contribution in [2.45, 2.75) is 4.90 Å². The predicted octanol–water partition coefficient (Wildman–Crippen LogP) is 6.61. The highest BCUT2D eigenvalue weighted by atomic mass is 32.2. The van der Waals surface area contributed by atoms with E-state index in [2.05, 4.69) is 12.6 Å². The highest BCUT2D eigenvalue weighted by molar-refractivity contribution is 7.97. The number of hydrogen-bond donors (Lipinski definition) is 3. The van der Waals surface area contributed by atoms with Crippen LogP contribution < -0.4 is 21.9 Å². The fourth-order valence-corrected chi connectivity index (χ4v) is 7.99. The van der Waals surface area contributed by atoms with Crippen molar-refractivity contribution in [3.63, 3.8) is 0 Å². The van der Waals surface area contributed by atoms with Gasteiger partial charge in [0, 0.05) is 21.4 Å². The number of hydrogen-bond acceptors (Lipinski definition) is 4. The van der Waals surface area contributed by atoms with E-state index < -0.39 is 144 Å². The van der Waals surface area contributed by atoms with Crippen LogP contribution in [-0.4, -0.2) is 52.6 Å². The number of benzene rings is 5. The van der Waals surface area contributed by atoms with Gasteiger partial charge in [-0.05, 0) is 12.1 Å². The molecule has 0 bridgehead atoms. The molecule has 5 rings (SSSR count). The molecule has 0 amide bonds. The third kappa shape index (κ3) is 8.32. The van der Waals surface area contributed by atoms with E-state index in [1.165, 1.54) is 0 Å². The van der Waals surface area contributed by atoms with E-state index in [-0.39, 0.29) is 29.9 Å². The Kier molecular flexibility index (Phi) is 15.4. The molecule has 0 atom stereocenters. The van der Waals surface area contributed by atoms with Crippen molar-refractivity contribution in [1.82, 2.24) is 0 Å². The molecule has 0 aromatic heterocycles. The molecule has 26 heteroatoms. The second-order valence-corrected chi connectivity index (χ2v) is 15.2. The minimum atomic E-state index is -7.22. The average molecular weight is 952 g/mol. The number of thiol groups is 1. The van der Waals surface area contributed by atoms with Gasteiger partial charge in [-0.25, -0.2) is 87.8 Å². The third-order valence-corrected chi connectivity index (χ3v) is 11.5. The molecule has 0 heterocycles. The smallest absolute Gasteiger partial charge is 0.211 e. The predicted molar refractivity (Wildman–Crippen MR) is 183 cm³/mol. The zero-order valence-corrected chi connectivity index (χ0v) is 31.4. The summed E-state index contributed by atoms with van der Waals surface area (Å²) in [6, 6.07) is 7.08. The Morgan fingerprint density at radius 2 is 0.613 bits per heavy atom. The lowest BCUT2D eigenvalue weighted by molar-refractivity contribution is 0.102. The lowest BCUT2D eigenvalue weighted by Crippen LogP contribution is -2.81. The van der Waals surface area contributed by atoms with E-state index in [9.17, 15) is 57.5 Å². The maximum Gasteiger partial charge on any atom is 0.211 e. The van der Waals surface area contributed by atoms with Crippen LogP contribution in [0.3, 0.4) is 0 Å². The molecule has 0 aliphatic rings. The largest absolute Gasteiger partial charge is 0.391 e. The zero-order valence-electron chi connectivity index (χ0n) is 29.6. The normalized spacial score (nSPS) is 11.7. The highest BCUT2D eigenvalue weighted by Crippen LogP contribution is 2.30. The summed E-state index contributed by atoms with van der Waals surface area (Å²) in [5.41, 5.74) is -13.7. The van der Waals surface area contributed by atoms with Gasteiger partial charge in [0.15, 0.2) is 75.6 Å². The Bertz CT molecular complexity index is 2190. The Morgan fingerprint density at radius 1 is 0.403 bits per heavy atom.